The number of aryl methyl sites for hydroxylation is 3. The van der Waals surface area contributed by atoms with Crippen LogP contribution >= 0.6 is 10.8 Å². The number of hydrogen-bond donors (Lipinski definition) is 3. The van der Waals surface area contributed by atoms with Gasteiger partial charge in [-0.1, -0.05) is 54.6 Å². The van der Waals surface area contributed by atoms with Crippen molar-refractivity contribution in [3.8, 4) is 5.88 Å². The minimum atomic E-state index is -3.38. The van der Waals surface area contributed by atoms with E-state index >= 15 is 0 Å². The molecular formula is C35H40N6O4S. The van der Waals surface area contributed by atoms with Crippen LogP contribution in [0.15, 0.2) is 83.9 Å². The van der Waals surface area contributed by atoms with Gasteiger partial charge < -0.3 is 10.1 Å². The van der Waals surface area contributed by atoms with Crippen LogP contribution in [0.5, 0.6) is 5.88 Å². The van der Waals surface area contributed by atoms with Gasteiger partial charge in [-0.05, 0) is 85.3 Å². The lowest BCUT2D eigenvalue weighted by Crippen LogP contribution is -2.34. The zero-order valence-corrected chi connectivity index (χ0v) is 27.4. The predicted molar refractivity (Wildman–Crippen MR) is 181 cm³/mol. The fourth-order valence-electron chi connectivity index (χ4n) is 6.09. The van der Waals surface area contributed by atoms with Crippen LogP contribution in [0, 0.1) is 13.8 Å². The third kappa shape index (κ3) is 6.23. The number of carbonyl (C=O) groups excluding carboxylic acids is 1. The topological polar surface area (TPSA) is 126 Å². The van der Waals surface area contributed by atoms with Crippen molar-refractivity contribution in [2.45, 2.75) is 70.5 Å². The zero-order valence-electron chi connectivity index (χ0n) is 26.6. The largest absolute Gasteiger partial charge is 0.472 e. The van der Waals surface area contributed by atoms with Gasteiger partial charge in [0.05, 0.1) is 12.1 Å². The highest BCUT2D eigenvalue weighted by Crippen LogP contribution is 2.57. The Kier molecular flexibility index (Phi) is 9.10. The van der Waals surface area contributed by atoms with E-state index in [0.717, 1.165) is 44.5 Å². The maximum atomic E-state index is 13.5. The number of pyridine rings is 1. The van der Waals surface area contributed by atoms with Crippen molar-refractivity contribution >= 4 is 33.4 Å². The van der Waals surface area contributed by atoms with Crippen molar-refractivity contribution in [1.82, 2.24) is 24.3 Å². The SMILES string of the molecule is CC[C@@H]1CN(Cc2cc([C@H](CC(=O)Nc3ccccc3)c3ccc4c(nnn4CC)c3C)ccc2C)S(O)(O)c2cccnc2O1. The van der Waals surface area contributed by atoms with Crippen LogP contribution in [0.2, 0.25) is 0 Å². The quantitative estimate of drug-likeness (QED) is 0.153. The molecule has 240 valence electrons. The van der Waals surface area contributed by atoms with Crippen molar-refractivity contribution in [1.29, 1.82) is 0 Å². The molecule has 0 saturated heterocycles. The van der Waals surface area contributed by atoms with Gasteiger partial charge in [0.15, 0.2) is 0 Å². The molecule has 0 unspecified atom stereocenters. The molecule has 0 aliphatic carbocycles. The number of amides is 1. The Hall–Kier alpha value is -4.29. The second-order valence-electron chi connectivity index (χ2n) is 11.7. The number of ether oxygens (including phenoxy) is 1. The number of benzene rings is 3. The van der Waals surface area contributed by atoms with Gasteiger partial charge >= 0.3 is 0 Å². The normalized spacial score (nSPS) is 17.5. The predicted octanol–water partition coefficient (Wildman–Crippen LogP) is 7.32. The van der Waals surface area contributed by atoms with E-state index in [1.807, 2.05) is 74.8 Å². The van der Waals surface area contributed by atoms with E-state index in [1.54, 1.807) is 22.6 Å². The Bertz CT molecular complexity index is 1860. The molecule has 1 amide bonds. The molecule has 6 rings (SSSR count). The molecule has 0 spiro atoms. The second kappa shape index (κ2) is 13.2. The Balaban J connectivity index is 1.39. The third-order valence-electron chi connectivity index (χ3n) is 8.76. The first-order chi connectivity index (χ1) is 22.2. The lowest BCUT2D eigenvalue weighted by molar-refractivity contribution is -0.116. The molecule has 2 atom stereocenters. The summed E-state index contributed by atoms with van der Waals surface area (Å²) in [5.41, 5.74) is 7.37. The molecule has 0 fully saturated rings. The highest BCUT2D eigenvalue weighted by molar-refractivity contribution is 8.22. The number of aromatic nitrogens is 4. The van der Waals surface area contributed by atoms with Crippen molar-refractivity contribution < 1.29 is 18.6 Å². The van der Waals surface area contributed by atoms with Gasteiger partial charge in [-0.3, -0.25) is 13.9 Å². The van der Waals surface area contributed by atoms with Gasteiger partial charge in [0.25, 0.3) is 0 Å². The summed E-state index contributed by atoms with van der Waals surface area (Å²) in [7, 11) is -3.38. The molecule has 5 aromatic rings. The van der Waals surface area contributed by atoms with Gasteiger partial charge in [-0.25, -0.2) is 9.67 Å². The zero-order chi connectivity index (χ0) is 32.4. The summed E-state index contributed by atoms with van der Waals surface area (Å²) in [6, 6.07) is 23.1. The van der Waals surface area contributed by atoms with Crippen LogP contribution in [0.4, 0.5) is 5.69 Å². The number of fused-ring (bicyclic) bond motifs is 2. The molecule has 10 nitrogen and oxygen atoms in total. The second-order valence-corrected chi connectivity index (χ2v) is 13.7. The third-order valence-corrected chi connectivity index (χ3v) is 10.7. The molecule has 0 saturated carbocycles. The Morgan fingerprint density at radius 3 is 2.63 bits per heavy atom. The smallest absolute Gasteiger partial charge is 0.239 e. The van der Waals surface area contributed by atoms with Crippen molar-refractivity contribution in [2.24, 2.45) is 0 Å². The number of nitrogens with zero attached hydrogens (tertiary/aromatic N) is 5. The van der Waals surface area contributed by atoms with E-state index in [9.17, 15) is 13.9 Å². The van der Waals surface area contributed by atoms with E-state index < -0.39 is 10.8 Å². The molecule has 1 aliphatic rings. The number of nitrogens with one attached hydrogen (secondary N) is 1. The summed E-state index contributed by atoms with van der Waals surface area (Å²) in [5.74, 6) is -0.137. The molecule has 3 aromatic carbocycles. The number of carbonyl (C=O) groups is 1. The summed E-state index contributed by atoms with van der Waals surface area (Å²) in [5, 5.41) is 11.9. The number of para-hydroxylation sites is 1. The highest BCUT2D eigenvalue weighted by Gasteiger charge is 2.36. The molecule has 46 heavy (non-hydrogen) atoms. The van der Waals surface area contributed by atoms with Crippen LogP contribution in [0.25, 0.3) is 11.0 Å². The molecule has 11 heteroatoms. The molecule has 2 aromatic heterocycles. The van der Waals surface area contributed by atoms with Crippen molar-refractivity contribution in [3.63, 3.8) is 0 Å². The summed E-state index contributed by atoms with van der Waals surface area (Å²) < 4.78 is 32.8. The average molecular weight is 641 g/mol. The first-order valence-electron chi connectivity index (χ1n) is 15.6. The summed E-state index contributed by atoms with van der Waals surface area (Å²) in [4.78, 5) is 18.1. The number of hydrogen-bond acceptors (Lipinski definition) is 8. The molecule has 0 bridgehead atoms. The molecule has 3 heterocycles. The average Bonchev–Trinajstić information content (AvgIpc) is 3.45. The van der Waals surface area contributed by atoms with Crippen LogP contribution in [-0.2, 0) is 17.9 Å². The fraction of sp³-hybridized carbons (Fsp3) is 0.314. The van der Waals surface area contributed by atoms with E-state index in [0.29, 0.717) is 24.4 Å². The maximum Gasteiger partial charge on any atom is 0.239 e. The van der Waals surface area contributed by atoms with Crippen molar-refractivity contribution in [3.05, 3.63) is 107 Å². The van der Waals surface area contributed by atoms with Crippen LogP contribution < -0.4 is 10.1 Å². The number of rotatable bonds is 9. The van der Waals surface area contributed by atoms with E-state index in [2.05, 4.69) is 38.8 Å². The van der Waals surface area contributed by atoms with Crippen LogP contribution in [-0.4, -0.2) is 51.9 Å². The molecule has 3 N–H and O–H groups in total. The Labute approximate surface area is 270 Å². The van der Waals surface area contributed by atoms with Gasteiger partial charge in [-0.15, -0.1) is 15.9 Å². The summed E-state index contributed by atoms with van der Waals surface area (Å²) in [6.07, 6.45) is 2.23. The van der Waals surface area contributed by atoms with Crippen LogP contribution in [0.3, 0.4) is 0 Å². The Morgan fingerprint density at radius 1 is 1.07 bits per heavy atom. The number of anilines is 1. The first kappa shape index (κ1) is 31.7. The van der Waals surface area contributed by atoms with Gasteiger partial charge in [-0.2, -0.15) is 4.31 Å². The monoisotopic (exact) mass is 640 g/mol. The molecular weight excluding hydrogens is 600 g/mol. The van der Waals surface area contributed by atoms with Gasteiger partial charge in [0, 0.05) is 37.3 Å². The molecule has 1 aliphatic heterocycles. The molecule has 0 radical (unpaired) electrons. The lowest BCUT2D eigenvalue weighted by atomic mass is 9.84. The van der Waals surface area contributed by atoms with Gasteiger partial charge in [0.1, 0.15) is 16.5 Å². The maximum absolute atomic E-state index is 13.5. The van der Waals surface area contributed by atoms with Crippen molar-refractivity contribution in [2.75, 3.05) is 11.9 Å². The fourth-order valence-corrected chi connectivity index (χ4v) is 7.66. The minimum Gasteiger partial charge on any atom is -0.472 e. The Morgan fingerprint density at radius 2 is 1.87 bits per heavy atom. The summed E-state index contributed by atoms with van der Waals surface area (Å²) in [6.45, 7) is 9.41. The lowest BCUT2D eigenvalue weighted by Gasteiger charge is -2.41. The van der Waals surface area contributed by atoms with Gasteiger partial charge in [0.2, 0.25) is 11.8 Å². The van der Waals surface area contributed by atoms with E-state index in [1.165, 1.54) is 0 Å². The highest BCUT2D eigenvalue weighted by atomic mass is 32.3. The van der Waals surface area contributed by atoms with Crippen LogP contribution in [0.1, 0.15) is 60.4 Å². The standard InChI is InChI=1S/C35H40N6O4S/c1-5-28-22-40(46(43,44)32-13-10-18-36-35(32)45-28)21-26-19-25(15-14-23(26)3)30(20-33(42)37-27-11-8-7-9-12-27)29-16-17-31-34(24(29)4)38-39-41(31)6-2/h7-19,28,30,43-44H,5-6,20-22H2,1-4H3,(H,37,42)/t28-,30+/m1/s1. The van der Waals surface area contributed by atoms with E-state index in [4.69, 9.17) is 4.74 Å². The first-order valence-corrected chi connectivity index (χ1v) is 17.1. The summed E-state index contributed by atoms with van der Waals surface area (Å²) >= 11 is 0. The minimum absolute atomic E-state index is 0.108. The van der Waals surface area contributed by atoms with E-state index in [-0.39, 0.29) is 36.8 Å².